The number of amides is 3. The summed E-state index contributed by atoms with van der Waals surface area (Å²) < 4.78 is 0. The first-order chi connectivity index (χ1) is 13.5. The number of nitrogens with two attached hydrogens (primary N) is 1. The summed E-state index contributed by atoms with van der Waals surface area (Å²) in [4.78, 5) is 40.6. The van der Waals surface area contributed by atoms with E-state index in [1.165, 1.54) is 12.8 Å². The van der Waals surface area contributed by atoms with Gasteiger partial charge >= 0.3 is 0 Å². The topological polar surface area (TPSA) is 95.7 Å². The van der Waals surface area contributed by atoms with Gasteiger partial charge in [0.25, 0.3) is 5.91 Å². The molecule has 0 saturated carbocycles. The van der Waals surface area contributed by atoms with E-state index < -0.39 is 6.04 Å². The second kappa shape index (κ2) is 7.64. The molecule has 1 aromatic rings. The maximum absolute atomic E-state index is 13.0. The number of imide groups is 1. The van der Waals surface area contributed by atoms with Crippen molar-refractivity contribution in [3.8, 4) is 0 Å². The Morgan fingerprint density at radius 2 is 2.00 bits per heavy atom. The van der Waals surface area contributed by atoms with Crippen LogP contribution in [0.3, 0.4) is 0 Å². The van der Waals surface area contributed by atoms with E-state index in [0.29, 0.717) is 37.2 Å². The van der Waals surface area contributed by atoms with E-state index in [2.05, 4.69) is 23.2 Å². The first-order valence-electron chi connectivity index (χ1n) is 10.2. The molecule has 7 nitrogen and oxygen atoms in total. The zero-order chi connectivity index (χ0) is 19.8. The van der Waals surface area contributed by atoms with Crippen molar-refractivity contribution in [3.63, 3.8) is 0 Å². The Hall–Kier alpha value is -2.25. The highest BCUT2D eigenvalue weighted by atomic mass is 16.2. The highest BCUT2D eigenvalue weighted by Crippen LogP contribution is 2.30. The standard InChI is InChI=1S/C21H28N4O3/c1-13-3-2-4-16(10-22)24(13)11-14-5-6-15-12-25(21(28)17(15)9-14)18-7-8-19(26)23-20(18)27/h5-6,9,13,16,18H,2-4,7-8,10-12,22H2,1H3,(H,23,26,27)/t13-,16-,18?/m1/s1. The van der Waals surface area contributed by atoms with Crippen LogP contribution in [-0.4, -0.2) is 52.2 Å². The molecule has 3 aliphatic rings. The van der Waals surface area contributed by atoms with Crippen LogP contribution in [0, 0.1) is 0 Å². The highest BCUT2D eigenvalue weighted by molar-refractivity contribution is 6.05. The van der Waals surface area contributed by atoms with Crippen LogP contribution in [0.4, 0.5) is 0 Å². The largest absolute Gasteiger partial charge is 0.329 e. The lowest BCUT2D eigenvalue weighted by molar-refractivity contribution is -0.136. The van der Waals surface area contributed by atoms with Crippen molar-refractivity contribution >= 4 is 17.7 Å². The zero-order valence-corrected chi connectivity index (χ0v) is 16.3. The third-order valence-electron chi connectivity index (χ3n) is 6.42. The van der Waals surface area contributed by atoms with Crippen LogP contribution < -0.4 is 11.1 Å². The summed E-state index contributed by atoms with van der Waals surface area (Å²) in [5, 5.41) is 2.35. The molecule has 150 valence electrons. The molecule has 3 aliphatic heterocycles. The van der Waals surface area contributed by atoms with E-state index in [1.807, 2.05) is 12.1 Å². The van der Waals surface area contributed by atoms with E-state index in [9.17, 15) is 14.4 Å². The van der Waals surface area contributed by atoms with Crippen molar-refractivity contribution < 1.29 is 14.4 Å². The Bertz CT molecular complexity index is 809. The van der Waals surface area contributed by atoms with E-state index in [1.54, 1.807) is 4.90 Å². The number of hydrogen-bond donors (Lipinski definition) is 2. The van der Waals surface area contributed by atoms with Gasteiger partial charge in [0.2, 0.25) is 11.8 Å². The molecular formula is C21H28N4O3. The SMILES string of the molecule is C[C@@H]1CCC[C@H](CN)N1Cc1ccc2c(c1)C(=O)N(C1CCC(=O)NC1=O)C2. The summed E-state index contributed by atoms with van der Waals surface area (Å²) >= 11 is 0. The summed E-state index contributed by atoms with van der Waals surface area (Å²) in [6, 6.07) is 6.34. The second-order valence-corrected chi connectivity index (χ2v) is 8.23. The van der Waals surface area contributed by atoms with Crippen molar-refractivity contribution in [2.45, 2.75) is 70.2 Å². The normalized spacial score (nSPS) is 28.4. The van der Waals surface area contributed by atoms with Gasteiger partial charge in [0, 0.05) is 43.7 Å². The first kappa shape index (κ1) is 19.1. The predicted molar refractivity (Wildman–Crippen MR) is 104 cm³/mol. The Morgan fingerprint density at radius 3 is 2.75 bits per heavy atom. The highest BCUT2D eigenvalue weighted by Gasteiger charge is 2.39. The molecule has 3 amide bonds. The number of nitrogens with one attached hydrogen (secondary N) is 1. The minimum atomic E-state index is -0.565. The Morgan fingerprint density at radius 1 is 1.18 bits per heavy atom. The van der Waals surface area contributed by atoms with Crippen LogP contribution >= 0.6 is 0 Å². The number of fused-ring (bicyclic) bond motifs is 1. The minimum Gasteiger partial charge on any atom is -0.329 e. The fourth-order valence-electron chi connectivity index (χ4n) is 4.79. The van der Waals surface area contributed by atoms with Crippen molar-refractivity contribution in [2.75, 3.05) is 6.54 Å². The molecule has 0 spiro atoms. The quantitative estimate of drug-likeness (QED) is 0.759. The smallest absolute Gasteiger partial charge is 0.255 e. The predicted octanol–water partition coefficient (Wildman–Crippen LogP) is 1.15. The number of piperidine rings is 2. The summed E-state index contributed by atoms with van der Waals surface area (Å²) in [6.07, 6.45) is 4.16. The molecule has 3 N–H and O–H groups in total. The molecule has 0 aromatic heterocycles. The van der Waals surface area contributed by atoms with Crippen LogP contribution in [0.25, 0.3) is 0 Å². The average Bonchev–Trinajstić information content (AvgIpc) is 2.99. The molecular weight excluding hydrogens is 356 g/mol. The lowest BCUT2D eigenvalue weighted by atomic mass is 9.95. The number of hydrogen-bond acceptors (Lipinski definition) is 5. The molecule has 28 heavy (non-hydrogen) atoms. The Kier molecular flexibility index (Phi) is 5.21. The molecule has 2 fully saturated rings. The van der Waals surface area contributed by atoms with Crippen molar-refractivity contribution in [1.82, 2.24) is 15.1 Å². The number of carbonyl (C=O) groups is 3. The van der Waals surface area contributed by atoms with Crippen LogP contribution in [0.5, 0.6) is 0 Å². The molecule has 3 atom stereocenters. The van der Waals surface area contributed by atoms with Gasteiger partial charge in [0.05, 0.1) is 0 Å². The van der Waals surface area contributed by atoms with Gasteiger partial charge in [-0.2, -0.15) is 0 Å². The van der Waals surface area contributed by atoms with Gasteiger partial charge < -0.3 is 10.6 Å². The molecule has 3 heterocycles. The fourth-order valence-corrected chi connectivity index (χ4v) is 4.79. The maximum Gasteiger partial charge on any atom is 0.255 e. The van der Waals surface area contributed by atoms with Gasteiger partial charge in [-0.05, 0) is 43.4 Å². The van der Waals surface area contributed by atoms with Crippen LogP contribution in [0.2, 0.25) is 0 Å². The van der Waals surface area contributed by atoms with Crippen molar-refractivity contribution in [2.24, 2.45) is 5.73 Å². The van der Waals surface area contributed by atoms with Crippen LogP contribution in [-0.2, 0) is 22.7 Å². The molecule has 2 saturated heterocycles. The molecule has 4 rings (SSSR count). The molecule has 0 aliphatic carbocycles. The molecule has 1 aromatic carbocycles. The van der Waals surface area contributed by atoms with Gasteiger partial charge in [0.1, 0.15) is 6.04 Å². The third-order valence-corrected chi connectivity index (χ3v) is 6.42. The van der Waals surface area contributed by atoms with Gasteiger partial charge in [-0.15, -0.1) is 0 Å². The molecule has 1 unspecified atom stereocenters. The van der Waals surface area contributed by atoms with Crippen molar-refractivity contribution in [1.29, 1.82) is 0 Å². The molecule has 0 bridgehead atoms. The monoisotopic (exact) mass is 384 g/mol. The van der Waals surface area contributed by atoms with Gasteiger partial charge in [-0.3, -0.25) is 24.6 Å². The Labute approximate surface area is 165 Å². The second-order valence-electron chi connectivity index (χ2n) is 8.23. The summed E-state index contributed by atoms with van der Waals surface area (Å²) in [5.74, 6) is -0.753. The lowest BCUT2D eigenvalue weighted by Crippen LogP contribution is -2.52. The maximum atomic E-state index is 13.0. The number of rotatable bonds is 4. The van der Waals surface area contributed by atoms with Gasteiger partial charge in [-0.25, -0.2) is 0 Å². The number of carbonyl (C=O) groups excluding carboxylic acids is 3. The van der Waals surface area contributed by atoms with Crippen molar-refractivity contribution in [3.05, 3.63) is 34.9 Å². The lowest BCUT2D eigenvalue weighted by Gasteiger charge is -2.40. The first-order valence-corrected chi connectivity index (χ1v) is 10.2. The summed E-state index contributed by atoms with van der Waals surface area (Å²) in [6.45, 7) is 4.09. The van der Waals surface area contributed by atoms with E-state index >= 15 is 0 Å². The summed E-state index contributed by atoms with van der Waals surface area (Å²) in [7, 11) is 0. The van der Waals surface area contributed by atoms with E-state index in [-0.39, 0.29) is 24.1 Å². The van der Waals surface area contributed by atoms with E-state index in [4.69, 9.17) is 5.73 Å². The van der Waals surface area contributed by atoms with Crippen LogP contribution in [0.15, 0.2) is 18.2 Å². The summed E-state index contributed by atoms with van der Waals surface area (Å²) in [5.41, 5.74) is 8.70. The Balaban J connectivity index is 1.51. The van der Waals surface area contributed by atoms with Gasteiger partial charge in [0.15, 0.2) is 0 Å². The van der Waals surface area contributed by atoms with Crippen LogP contribution in [0.1, 0.15) is 60.5 Å². The number of benzene rings is 1. The van der Waals surface area contributed by atoms with E-state index in [0.717, 1.165) is 24.1 Å². The molecule has 0 radical (unpaired) electrons. The zero-order valence-electron chi connectivity index (χ0n) is 16.3. The fraction of sp³-hybridized carbons (Fsp3) is 0.571. The number of nitrogens with zero attached hydrogens (tertiary/aromatic N) is 2. The third kappa shape index (κ3) is 3.44. The average molecular weight is 384 g/mol. The minimum absolute atomic E-state index is 0.117. The number of likely N-dealkylation sites (tertiary alicyclic amines) is 1. The molecule has 7 heteroatoms. The van der Waals surface area contributed by atoms with Gasteiger partial charge in [-0.1, -0.05) is 18.6 Å².